The van der Waals surface area contributed by atoms with Gasteiger partial charge >= 0.3 is 18.6 Å². The Morgan fingerprint density at radius 3 is 1.19 bits per heavy atom. The van der Waals surface area contributed by atoms with Gasteiger partial charge in [-0.1, -0.05) is 13.3 Å². The second-order valence-electron chi connectivity index (χ2n) is 8.08. The Morgan fingerprint density at radius 2 is 0.889 bits per heavy atom. The Hall–Kier alpha value is -1.50. The van der Waals surface area contributed by atoms with Gasteiger partial charge in [-0.3, -0.25) is 15.0 Å². The van der Waals surface area contributed by atoms with Crippen LogP contribution in [0.5, 0.6) is 0 Å². The van der Waals surface area contributed by atoms with Crippen LogP contribution in [0, 0.1) is 0 Å². The van der Waals surface area contributed by atoms with Gasteiger partial charge in [-0.25, -0.2) is 17.7 Å². The van der Waals surface area contributed by atoms with Crippen molar-refractivity contribution in [2.75, 3.05) is 46.1 Å². The van der Waals surface area contributed by atoms with Crippen LogP contribution in [-0.2, 0) is 17.7 Å². The van der Waals surface area contributed by atoms with Crippen LogP contribution in [0.2, 0.25) is 12.1 Å². The van der Waals surface area contributed by atoms with E-state index in [0.29, 0.717) is 26.4 Å². The summed E-state index contributed by atoms with van der Waals surface area (Å²) >= 11 is 0. The van der Waals surface area contributed by atoms with Gasteiger partial charge in [0.2, 0.25) is 0 Å². The molecule has 0 aliphatic heterocycles. The molecular weight excluding hydrogens is 486 g/mol. The molecule has 0 aliphatic rings. The van der Waals surface area contributed by atoms with E-state index in [1.54, 1.807) is 0 Å². The second kappa shape index (κ2) is 22.7. The predicted molar refractivity (Wildman–Crippen MR) is 156 cm³/mol. The summed E-state index contributed by atoms with van der Waals surface area (Å²) in [5, 5.41) is 0. The number of nitrogens with zero attached hydrogens (tertiary/aromatic N) is 3. The smallest absolute Gasteiger partial charge is 0.293 e. The third kappa shape index (κ3) is 16.3. The van der Waals surface area contributed by atoms with Gasteiger partial charge in [-0.2, -0.15) is 0 Å². The minimum atomic E-state index is -1.17. The van der Waals surface area contributed by atoms with Crippen molar-refractivity contribution in [3.8, 4) is 0 Å². The Kier molecular flexibility index (Phi) is 20.5. The molecule has 0 spiro atoms. The first-order chi connectivity index (χ1) is 17.7. The maximum Gasteiger partial charge on any atom is 0.643 e. The summed E-state index contributed by atoms with van der Waals surface area (Å²) in [7, 11) is -2.34. The summed E-state index contributed by atoms with van der Waals surface area (Å²) in [6, 6.07) is 8.28. The van der Waals surface area contributed by atoms with Gasteiger partial charge in [-0.15, -0.1) is 0 Å². The highest BCUT2D eigenvalue weighted by molar-refractivity contribution is 6.44. The van der Waals surface area contributed by atoms with Crippen molar-refractivity contribution in [2.24, 2.45) is 15.0 Å². The molecule has 0 saturated carbocycles. The van der Waals surface area contributed by atoms with E-state index in [4.69, 9.17) is 17.7 Å². The lowest BCUT2D eigenvalue weighted by atomic mass is 10.1. The molecule has 0 atom stereocenters. The van der Waals surface area contributed by atoms with E-state index in [9.17, 15) is 0 Å². The number of aliphatic imine (C=N–C) groups is 3. The van der Waals surface area contributed by atoms with Crippen LogP contribution in [0.15, 0.2) is 33.2 Å². The van der Waals surface area contributed by atoms with Gasteiger partial charge in [0.1, 0.15) is 12.1 Å². The molecule has 36 heavy (non-hydrogen) atoms. The molecule has 1 rings (SSSR count). The Labute approximate surface area is 223 Å². The lowest BCUT2D eigenvalue weighted by molar-refractivity contribution is 0.212. The molecule has 0 amide bonds. The summed E-state index contributed by atoms with van der Waals surface area (Å²) in [5.41, 5.74) is 3.20. The van der Waals surface area contributed by atoms with Crippen molar-refractivity contribution < 1.29 is 17.7 Å². The first-order valence-corrected chi connectivity index (χ1v) is 16.6. The van der Waals surface area contributed by atoms with Crippen LogP contribution in [0.1, 0.15) is 77.0 Å². The molecule has 9 heteroatoms. The van der Waals surface area contributed by atoms with Crippen LogP contribution in [-0.4, -0.2) is 83.3 Å². The number of unbranched alkanes of at least 4 members (excludes halogenated alkanes) is 1. The molecule has 0 saturated heterocycles. The number of hydrogen-bond donors (Lipinski definition) is 0. The molecular formula is C27H47N3O4Si2+2. The summed E-state index contributed by atoms with van der Waals surface area (Å²) in [6.45, 7) is 15.4. The van der Waals surface area contributed by atoms with E-state index in [1.165, 1.54) is 0 Å². The Morgan fingerprint density at radius 1 is 0.556 bits per heavy atom. The molecule has 0 fully saturated rings. The lowest BCUT2D eigenvalue weighted by Gasteiger charge is -2.02. The average molecular weight is 534 g/mol. The number of benzene rings is 1. The first kappa shape index (κ1) is 32.5. The molecule has 0 aromatic heterocycles. The van der Waals surface area contributed by atoms with E-state index < -0.39 is 18.6 Å². The minimum absolute atomic E-state index is 0.704. The molecule has 1 aromatic carbocycles. The van der Waals surface area contributed by atoms with E-state index >= 15 is 0 Å². The normalized spacial score (nSPS) is 11.9. The van der Waals surface area contributed by atoms with E-state index in [-0.39, 0.29) is 0 Å². The maximum atomic E-state index is 5.71. The second-order valence-corrected chi connectivity index (χ2v) is 11.7. The van der Waals surface area contributed by atoms with E-state index in [2.05, 4.69) is 40.1 Å². The van der Waals surface area contributed by atoms with E-state index in [1.807, 2.05) is 46.3 Å². The van der Waals surface area contributed by atoms with Crippen LogP contribution < -0.4 is 0 Å². The third-order valence-corrected chi connectivity index (χ3v) is 8.89. The Balaban J connectivity index is 2.74. The molecule has 0 heterocycles. The highest BCUT2D eigenvalue weighted by atomic mass is 28.3. The predicted octanol–water partition coefficient (Wildman–Crippen LogP) is 5.65. The zero-order valence-corrected chi connectivity index (χ0v) is 25.1. The van der Waals surface area contributed by atoms with Crippen molar-refractivity contribution in [1.29, 1.82) is 0 Å². The zero-order valence-electron chi connectivity index (χ0n) is 23.1. The molecule has 1 aromatic rings. The first-order valence-electron chi connectivity index (χ1n) is 13.5. The monoisotopic (exact) mass is 533 g/mol. The van der Waals surface area contributed by atoms with Crippen molar-refractivity contribution in [2.45, 2.75) is 72.4 Å². The van der Waals surface area contributed by atoms with Crippen molar-refractivity contribution in [3.05, 3.63) is 34.9 Å². The van der Waals surface area contributed by atoms with Crippen LogP contribution >= 0.6 is 0 Å². The molecule has 0 aliphatic carbocycles. The lowest BCUT2D eigenvalue weighted by Crippen LogP contribution is -2.22. The zero-order chi connectivity index (χ0) is 26.3. The fraction of sp³-hybridized carbons (Fsp3) is 0.667. The van der Waals surface area contributed by atoms with Crippen molar-refractivity contribution >= 4 is 37.2 Å². The van der Waals surface area contributed by atoms with Crippen LogP contribution in [0.25, 0.3) is 0 Å². The quantitative estimate of drug-likeness (QED) is 0.110. The van der Waals surface area contributed by atoms with Crippen molar-refractivity contribution in [3.63, 3.8) is 0 Å². The summed E-state index contributed by atoms with van der Waals surface area (Å²) < 4.78 is 22.8. The number of rotatable bonds is 22. The highest BCUT2D eigenvalue weighted by Crippen LogP contribution is 2.09. The highest BCUT2D eigenvalue weighted by Gasteiger charge is 2.31. The van der Waals surface area contributed by atoms with Gasteiger partial charge in [0.15, 0.2) is 0 Å². The molecule has 0 radical (unpaired) electrons. The third-order valence-electron chi connectivity index (χ3n) is 4.92. The average Bonchev–Trinajstić information content (AvgIpc) is 2.86. The van der Waals surface area contributed by atoms with Crippen LogP contribution in [0.4, 0.5) is 0 Å². The number of hydrogen-bond acceptors (Lipinski definition) is 7. The standard InChI is InChI=1S/C27H47N3O4Si2/c1-6-11-14-28-22-25-19-26(23-29-15-12-17-35(31-7-2)32-8-3)21-27(20-25)24-30-16-13-18-36(33-9-4)34-10-5/h19-24H,6-18H2,1-5H3/q+2. The summed E-state index contributed by atoms with van der Waals surface area (Å²) in [5.74, 6) is 0. The maximum absolute atomic E-state index is 5.71. The summed E-state index contributed by atoms with van der Waals surface area (Å²) in [4.78, 5) is 13.9. The largest absolute Gasteiger partial charge is 0.643 e. The molecule has 200 valence electrons. The molecule has 0 unspecified atom stereocenters. The van der Waals surface area contributed by atoms with Gasteiger partial charge in [0.25, 0.3) is 0 Å². The molecule has 0 bridgehead atoms. The van der Waals surface area contributed by atoms with E-state index in [0.717, 1.165) is 74.1 Å². The Bertz CT molecular complexity index is 700. The van der Waals surface area contributed by atoms with Crippen molar-refractivity contribution in [1.82, 2.24) is 0 Å². The summed E-state index contributed by atoms with van der Waals surface area (Å²) in [6.07, 6.45) is 10.0. The van der Waals surface area contributed by atoms with Gasteiger partial charge in [0, 0.05) is 38.3 Å². The fourth-order valence-corrected chi connectivity index (χ4v) is 6.26. The minimum Gasteiger partial charge on any atom is -0.293 e. The fourth-order valence-electron chi connectivity index (χ4n) is 3.33. The van der Waals surface area contributed by atoms with Gasteiger partial charge in [-0.05, 0) is 81.8 Å². The van der Waals surface area contributed by atoms with Crippen LogP contribution in [0.3, 0.4) is 0 Å². The SMILES string of the molecule is CCCCN=Cc1cc(C=NCCC[Si+](OCC)OCC)cc(C=NCCC[Si+](OCC)OCC)c1. The topological polar surface area (TPSA) is 74.0 Å². The van der Waals surface area contributed by atoms with Gasteiger partial charge in [0.05, 0.1) is 26.4 Å². The van der Waals surface area contributed by atoms with Gasteiger partial charge < -0.3 is 0 Å². The molecule has 0 N–H and O–H groups in total. The molecule has 7 nitrogen and oxygen atoms in total.